The van der Waals surface area contributed by atoms with E-state index in [-0.39, 0.29) is 22.8 Å². The molecule has 3 aromatic rings. The van der Waals surface area contributed by atoms with Gasteiger partial charge < -0.3 is 9.67 Å². The number of carbonyl (C=O) groups is 1. The Bertz CT molecular complexity index is 951. The Morgan fingerprint density at radius 1 is 1.27 bits per heavy atom. The van der Waals surface area contributed by atoms with Crippen LogP contribution in [0, 0.1) is 0 Å². The molecule has 2 heterocycles. The summed E-state index contributed by atoms with van der Waals surface area (Å²) in [5, 5.41) is 9.39. The van der Waals surface area contributed by atoms with Gasteiger partial charge in [-0.15, -0.1) is 0 Å². The van der Waals surface area contributed by atoms with E-state index in [1.165, 1.54) is 0 Å². The second-order valence-electron chi connectivity index (χ2n) is 5.48. The summed E-state index contributed by atoms with van der Waals surface area (Å²) in [4.78, 5) is 28.5. The van der Waals surface area contributed by atoms with Crippen LogP contribution < -0.4 is 5.56 Å². The molecule has 0 aliphatic rings. The molecule has 0 aliphatic carbocycles. The second-order valence-corrected chi connectivity index (χ2v) is 5.48. The lowest BCUT2D eigenvalue weighted by molar-refractivity contribution is 0.0693. The zero-order valence-corrected chi connectivity index (χ0v) is 12.7. The molecule has 3 rings (SSSR count). The van der Waals surface area contributed by atoms with Crippen molar-refractivity contribution in [3.8, 4) is 0 Å². The van der Waals surface area contributed by atoms with Crippen LogP contribution in [0.4, 0.5) is 0 Å². The van der Waals surface area contributed by atoms with Crippen molar-refractivity contribution in [2.24, 2.45) is 0 Å². The maximum atomic E-state index is 12.9. The predicted molar refractivity (Wildman–Crippen MR) is 83.7 cm³/mol. The Morgan fingerprint density at radius 3 is 2.45 bits per heavy atom. The molecule has 0 aliphatic heterocycles. The number of benzene rings is 1. The van der Waals surface area contributed by atoms with Crippen molar-refractivity contribution in [2.75, 3.05) is 0 Å². The van der Waals surface area contributed by atoms with Crippen molar-refractivity contribution in [3.63, 3.8) is 0 Å². The first kappa shape index (κ1) is 14.3. The number of carboxylic acids is 1. The summed E-state index contributed by atoms with van der Waals surface area (Å²) in [6, 6.07) is 7.41. The Morgan fingerprint density at radius 2 is 1.91 bits per heavy atom. The summed E-state index contributed by atoms with van der Waals surface area (Å²) in [5.41, 5.74) is 1.21. The van der Waals surface area contributed by atoms with Gasteiger partial charge in [0.2, 0.25) is 0 Å². The number of imidazole rings is 1. The zero-order valence-electron chi connectivity index (χ0n) is 12.7. The van der Waals surface area contributed by atoms with Crippen LogP contribution in [0.1, 0.15) is 43.1 Å². The molecule has 0 spiro atoms. The average Bonchev–Trinajstić information content (AvgIpc) is 2.87. The van der Waals surface area contributed by atoms with Crippen LogP contribution in [0.25, 0.3) is 16.6 Å². The van der Waals surface area contributed by atoms with E-state index in [1.54, 1.807) is 8.97 Å². The Hall–Kier alpha value is -2.63. The normalized spacial score (nSPS) is 11.6. The van der Waals surface area contributed by atoms with Crippen molar-refractivity contribution in [3.05, 3.63) is 46.1 Å². The van der Waals surface area contributed by atoms with Crippen molar-refractivity contribution in [1.29, 1.82) is 0 Å². The van der Waals surface area contributed by atoms with E-state index in [0.29, 0.717) is 12.2 Å². The molecular weight excluding hydrogens is 282 g/mol. The van der Waals surface area contributed by atoms with E-state index in [2.05, 4.69) is 4.98 Å². The molecule has 114 valence electrons. The van der Waals surface area contributed by atoms with Gasteiger partial charge in [-0.2, -0.15) is 0 Å². The SMILES string of the molecule is CCc1nc(C(=O)O)c2c(=O)n(C(C)C)c3ccccc3n12. The van der Waals surface area contributed by atoms with Crippen LogP contribution >= 0.6 is 0 Å². The Labute approximate surface area is 126 Å². The van der Waals surface area contributed by atoms with Crippen LogP contribution in [0.2, 0.25) is 0 Å². The topological polar surface area (TPSA) is 76.6 Å². The van der Waals surface area contributed by atoms with Crippen LogP contribution in [-0.2, 0) is 6.42 Å². The Balaban J connectivity index is 2.68. The van der Waals surface area contributed by atoms with Crippen molar-refractivity contribution in [2.45, 2.75) is 33.2 Å². The van der Waals surface area contributed by atoms with E-state index < -0.39 is 5.97 Å². The average molecular weight is 299 g/mol. The lowest BCUT2D eigenvalue weighted by atomic mass is 10.2. The third kappa shape index (κ3) is 1.83. The fourth-order valence-corrected chi connectivity index (χ4v) is 2.90. The van der Waals surface area contributed by atoms with Crippen molar-refractivity contribution >= 4 is 22.5 Å². The quantitative estimate of drug-likeness (QED) is 0.806. The number of nitrogens with zero attached hydrogens (tertiary/aromatic N) is 3. The molecule has 0 saturated heterocycles. The number of carboxylic acid groups (broad SMARTS) is 1. The number of aromatic carboxylic acids is 1. The molecule has 0 amide bonds. The molecule has 2 aromatic heterocycles. The van der Waals surface area contributed by atoms with Crippen LogP contribution in [-0.4, -0.2) is 25.0 Å². The summed E-state index contributed by atoms with van der Waals surface area (Å²) in [5.74, 6) is -0.600. The number of aryl methyl sites for hydroxylation is 1. The maximum Gasteiger partial charge on any atom is 0.356 e. The summed E-state index contributed by atoms with van der Waals surface area (Å²) < 4.78 is 3.30. The number of rotatable bonds is 3. The van der Waals surface area contributed by atoms with Gasteiger partial charge >= 0.3 is 5.97 Å². The molecule has 0 radical (unpaired) electrons. The molecule has 0 atom stereocenters. The summed E-state index contributed by atoms with van der Waals surface area (Å²) >= 11 is 0. The van der Waals surface area contributed by atoms with Gasteiger partial charge in [0.25, 0.3) is 5.56 Å². The first-order valence-corrected chi connectivity index (χ1v) is 7.25. The summed E-state index contributed by atoms with van der Waals surface area (Å²) in [7, 11) is 0. The van der Waals surface area contributed by atoms with Gasteiger partial charge in [-0.25, -0.2) is 9.78 Å². The van der Waals surface area contributed by atoms with Crippen LogP contribution in [0.15, 0.2) is 29.1 Å². The highest BCUT2D eigenvalue weighted by Crippen LogP contribution is 2.21. The molecule has 0 fully saturated rings. The minimum atomic E-state index is -1.18. The number of fused-ring (bicyclic) bond motifs is 3. The monoisotopic (exact) mass is 299 g/mol. The molecule has 22 heavy (non-hydrogen) atoms. The largest absolute Gasteiger partial charge is 0.476 e. The van der Waals surface area contributed by atoms with Crippen LogP contribution in [0.3, 0.4) is 0 Å². The summed E-state index contributed by atoms with van der Waals surface area (Å²) in [6.07, 6.45) is 0.545. The highest BCUT2D eigenvalue weighted by atomic mass is 16.4. The standard InChI is InChI=1S/C16H17N3O3/c1-4-12-17-13(16(21)22)14-15(20)18(9(2)3)10-7-5-6-8-11(10)19(12)14/h5-9H,4H2,1-3H3,(H,21,22). The second kappa shape index (κ2) is 4.98. The minimum absolute atomic E-state index is 0.0796. The molecule has 0 saturated carbocycles. The number of para-hydroxylation sites is 2. The molecular formula is C16H17N3O3. The molecule has 6 nitrogen and oxygen atoms in total. The van der Waals surface area contributed by atoms with Gasteiger partial charge in [0.15, 0.2) is 5.69 Å². The highest BCUT2D eigenvalue weighted by molar-refractivity contribution is 5.95. The predicted octanol–water partition coefficient (Wildman–Crippen LogP) is 2.49. The van der Waals surface area contributed by atoms with Crippen molar-refractivity contribution in [1.82, 2.24) is 14.0 Å². The Kier molecular flexibility index (Phi) is 3.24. The highest BCUT2D eigenvalue weighted by Gasteiger charge is 2.23. The van der Waals surface area contributed by atoms with E-state index in [9.17, 15) is 14.7 Å². The summed E-state index contributed by atoms with van der Waals surface area (Å²) in [6.45, 7) is 5.70. The van der Waals surface area contributed by atoms with E-state index in [4.69, 9.17) is 0 Å². The lowest BCUT2D eigenvalue weighted by Gasteiger charge is -2.16. The van der Waals surface area contributed by atoms with Crippen molar-refractivity contribution < 1.29 is 9.90 Å². The van der Waals surface area contributed by atoms with Gasteiger partial charge in [-0.1, -0.05) is 19.1 Å². The zero-order chi connectivity index (χ0) is 16.0. The van der Waals surface area contributed by atoms with E-state index in [1.807, 2.05) is 45.0 Å². The van der Waals surface area contributed by atoms with E-state index >= 15 is 0 Å². The number of hydrogen-bond donors (Lipinski definition) is 1. The van der Waals surface area contributed by atoms with Gasteiger partial charge in [-0.05, 0) is 26.0 Å². The first-order chi connectivity index (χ1) is 10.5. The molecule has 6 heteroatoms. The fourth-order valence-electron chi connectivity index (χ4n) is 2.90. The molecule has 0 unspecified atom stereocenters. The molecule has 0 bridgehead atoms. The van der Waals surface area contributed by atoms with Gasteiger partial charge in [0.05, 0.1) is 11.0 Å². The lowest BCUT2D eigenvalue weighted by Crippen LogP contribution is -2.25. The molecule has 1 N–H and O–H groups in total. The van der Waals surface area contributed by atoms with Gasteiger partial charge in [-0.3, -0.25) is 9.20 Å². The number of hydrogen-bond acceptors (Lipinski definition) is 3. The fraction of sp³-hybridized carbons (Fsp3) is 0.312. The van der Waals surface area contributed by atoms with Gasteiger partial charge in [0, 0.05) is 12.5 Å². The number of aromatic nitrogens is 3. The minimum Gasteiger partial charge on any atom is -0.476 e. The first-order valence-electron chi connectivity index (χ1n) is 7.25. The smallest absolute Gasteiger partial charge is 0.356 e. The van der Waals surface area contributed by atoms with Gasteiger partial charge in [0.1, 0.15) is 11.3 Å². The maximum absolute atomic E-state index is 12.9. The third-order valence-corrected chi connectivity index (χ3v) is 3.79. The van der Waals surface area contributed by atoms with E-state index in [0.717, 1.165) is 11.0 Å². The van der Waals surface area contributed by atoms with Crippen LogP contribution in [0.5, 0.6) is 0 Å². The molecule has 1 aromatic carbocycles. The third-order valence-electron chi connectivity index (χ3n) is 3.79.